The van der Waals surface area contributed by atoms with E-state index in [1.165, 1.54) is 11.9 Å². The highest BCUT2D eigenvalue weighted by Crippen LogP contribution is 2.33. The molecule has 0 aromatic heterocycles. The molecule has 0 saturated carbocycles. The van der Waals surface area contributed by atoms with Gasteiger partial charge in [0, 0.05) is 33.2 Å². The predicted molar refractivity (Wildman–Crippen MR) is 57.7 cm³/mol. The zero-order valence-corrected chi connectivity index (χ0v) is 9.68. The molecule has 0 aromatic rings. The van der Waals surface area contributed by atoms with Crippen molar-refractivity contribution in [2.24, 2.45) is 17.8 Å². The number of likely N-dealkylation sites (tertiary alicyclic amines) is 2. The third-order valence-corrected chi connectivity index (χ3v) is 4.06. The summed E-state index contributed by atoms with van der Waals surface area (Å²) in [6, 6.07) is 0. The fraction of sp³-hybridized carbons (Fsp3) is 0.727. The molecule has 2 atom stereocenters. The van der Waals surface area contributed by atoms with Gasteiger partial charge in [0.1, 0.15) is 0 Å². The van der Waals surface area contributed by atoms with E-state index in [1.54, 1.807) is 4.90 Å². The van der Waals surface area contributed by atoms with Crippen LogP contribution in [0.4, 0.5) is 0 Å². The van der Waals surface area contributed by atoms with Crippen molar-refractivity contribution in [1.29, 1.82) is 0 Å². The first-order valence-corrected chi connectivity index (χ1v) is 5.90. The molecule has 6 heteroatoms. The number of rotatable bonds is 1. The highest BCUT2D eigenvalue weighted by atomic mass is 16.2. The first kappa shape index (κ1) is 10.7. The van der Waals surface area contributed by atoms with E-state index in [2.05, 4.69) is 5.32 Å². The molecular formula is C11H15N3O3. The molecule has 92 valence electrons. The number of hydrogen-bond acceptors (Lipinski definition) is 4. The second-order valence-corrected chi connectivity index (χ2v) is 5.05. The van der Waals surface area contributed by atoms with Gasteiger partial charge in [-0.05, 0) is 0 Å². The maximum Gasteiger partial charge on any atom is 0.234 e. The zero-order valence-electron chi connectivity index (χ0n) is 9.68. The molecule has 3 saturated heterocycles. The standard InChI is InChI=1S/C11H15N3O3/c1-13-10(16)7-4-14(5-8(7)11(13)17)9(15)6-2-12-3-6/h6-8,12H,2-5H2,1H3/t7-,8+. The van der Waals surface area contributed by atoms with E-state index >= 15 is 0 Å². The fourth-order valence-corrected chi connectivity index (χ4v) is 2.81. The molecule has 6 nitrogen and oxygen atoms in total. The monoisotopic (exact) mass is 237 g/mol. The number of nitrogens with zero attached hydrogens (tertiary/aromatic N) is 2. The Kier molecular flexibility index (Phi) is 2.22. The molecule has 3 aliphatic rings. The fourth-order valence-electron chi connectivity index (χ4n) is 2.81. The van der Waals surface area contributed by atoms with Crippen LogP contribution in [0.1, 0.15) is 0 Å². The SMILES string of the molecule is CN1C(=O)[C@H]2CN(C(=O)C3CNC3)C[C@H]2C1=O. The van der Waals surface area contributed by atoms with Gasteiger partial charge in [0.05, 0.1) is 17.8 Å². The molecular weight excluding hydrogens is 222 g/mol. The molecule has 3 fully saturated rings. The number of nitrogens with one attached hydrogen (secondary N) is 1. The zero-order chi connectivity index (χ0) is 12.2. The summed E-state index contributed by atoms with van der Waals surface area (Å²) >= 11 is 0. The van der Waals surface area contributed by atoms with Gasteiger partial charge in [-0.2, -0.15) is 0 Å². The number of carbonyl (C=O) groups is 3. The molecule has 0 aliphatic carbocycles. The second kappa shape index (κ2) is 3.53. The molecule has 1 N–H and O–H groups in total. The maximum atomic E-state index is 12.0. The Hall–Kier alpha value is -1.43. The van der Waals surface area contributed by atoms with Crippen LogP contribution in [0.2, 0.25) is 0 Å². The normalized spacial score (nSPS) is 33.0. The molecule has 17 heavy (non-hydrogen) atoms. The van der Waals surface area contributed by atoms with Gasteiger partial charge in [-0.1, -0.05) is 0 Å². The first-order valence-electron chi connectivity index (χ1n) is 5.90. The number of fused-ring (bicyclic) bond motifs is 1. The van der Waals surface area contributed by atoms with E-state index in [0.717, 1.165) is 0 Å². The molecule has 0 unspecified atom stereocenters. The van der Waals surface area contributed by atoms with Crippen molar-refractivity contribution in [3.05, 3.63) is 0 Å². The molecule has 0 bridgehead atoms. The Balaban J connectivity index is 1.72. The minimum Gasteiger partial charge on any atom is -0.341 e. The quantitative estimate of drug-likeness (QED) is 0.551. The Morgan fingerprint density at radius 3 is 2.12 bits per heavy atom. The lowest BCUT2D eigenvalue weighted by Crippen LogP contribution is -2.52. The van der Waals surface area contributed by atoms with Crippen molar-refractivity contribution in [3.8, 4) is 0 Å². The average Bonchev–Trinajstić information content (AvgIpc) is 2.74. The van der Waals surface area contributed by atoms with Crippen LogP contribution in [0.3, 0.4) is 0 Å². The lowest BCUT2D eigenvalue weighted by Gasteiger charge is -2.30. The largest absolute Gasteiger partial charge is 0.341 e. The highest BCUT2D eigenvalue weighted by Gasteiger charge is 2.52. The predicted octanol–water partition coefficient (Wildman–Crippen LogP) is -1.72. The number of carbonyl (C=O) groups excluding carboxylic acids is 3. The Bertz CT molecular complexity index is 381. The van der Waals surface area contributed by atoms with Crippen molar-refractivity contribution < 1.29 is 14.4 Å². The van der Waals surface area contributed by atoms with Gasteiger partial charge < -0.3 is 10.2 Å². The van der Waals surface area contributed by atoms with Crippen LogP contribution in [-0.2, 0) is 14.4 Å². The van der Waals surface area contributed by atoms with E-state index in [1.807, 2.05) is 0 Å². The second-order valence-electron chi connectivity index (χ2n) is 5.05. The van der Waals surface area contributed by atoms with Gasteiger partial charge in [-0.15, -0.1) is 0 Å². The van der Waals surface area contributed by atoms with Crippen molar-refractivity contribution in [2.45, 2.75) is 0 Å². The van der Waals surface area contributed by atoms with Crippen LogP contribution in [0, 0.1) is 17.8 Å². The van der Waals surface area contributed by atoms with E-state index in [4.69, 9.17) is 0 Å². The van der Waals surface area contributed by atoms with E-state index in [0.29, 0.717) is 26.2 Å². The average molecular weight is 237 g/mol. The summed E-state index contributed by atoms with van der Waals surface area (Å²) in [6.07, 6.45) is 0. The van der Waals surface area contributed by atoms with Crippen molar-refractivity contribution in [1.82, 2.24) is 15.1 Å². The van der Waals surface area contributed by atoms with Gasteiger partial charge in [-0.25, -0.2) is 0 Å². The Morgan fingerprint density at radius 2 is 1.71 bits per heavy atom. The van der Waals surface area contributed by atoms with Crippen LogP contribution >= 0.6 is 0 Å². The third-order valence-electron chi connectivity index (χ3n) is 4.06. The van der Waals surface area contributed by atoms with Crippen LogP contribution in [0.25, 0.3) is 0 Å². The minimum atomic E-state index is -0.301. The number of hydrogen-bond donors (Lipinski definition) is 1. The van der Waals surface area contributed by atoms with E-state index in [9.17, 15) is 14.4 Å². The Morgan fingerprint density at radius 1 is 1.18 bits per heavy atom. The molecule has 0 spiro atoms. The van der Waals surface area contributed by atoms with Gasteiger partial charge in [0.2, 0.25) is 17.7 Å². The van der Waals surface area contributed by atoms with Gasteiger partial charge in [0.15, 0.2) is 0 Å². The van der Waals surface area contributed by atoms with Gasteiger partial charge >= 0.3 is 0 Å². The summed E-state index contributed by atoms with van der Waals surface area (Å²) in [5.74, 6) is -0.754. The van der Waals surface area contributed by atoms with Crippen molar-refractivity contribution in [2.75, 3.05) is 33.2 Å². The smallest absolute Gasteiger partial charge is 0.234 e. The lowest BCUT2D eigenvalue weighted by atomic mass is 10.00. The lowest BCUT2D eigenvalue weighted by molar-refractivity contribution is -0.140. The van der Waals surface area contributed by atoms with E-state index in [-0.39, 0.29) is 35.5 Å². The summed E-state index contributed by atoms with van der Waals surface area (Å²) < 4.78 is 0. The van der Waals surface area contributed by atoms with Crippen LogP contribution in [0.5, 0.6) is 0 Å². The Labute approximate surface area is 98.9 Å². The van der Waals surface area contributed by atoms with Crippen LogP contribution in [-0.4, -0.2) is 60.7 Å². The highest BCUT2D eigenvalue weighted by molar-refractivity contribution is 6.06. The molecule has 3 rings (SSSR count). The topological polar surface area (TPSA) is 69.7 Å². The van der Waals surface area contributed by atoms with Crippen molar-refractivity contribution >= 4 is 17.7 Å². The number of imide groups is 1. The van der Waals surface area contributed by atoms with Crippen LogP contribution in [0.15, 0.2) is 0 Å². The summed E-state index contributed by atoms with van der Waals surface area (Å²) in [5.41, 5.74) is 0. The maximum absolute atomic E-state index is 12.0. The van der Waals surface area contributed by atoms with E-state index < -0.39 is 0 Å². The third kappa shape index (κ3) is 1.40. The number of amides is 3. The molecule has 3 aliphatic heterocycles. The summed E-state index contributed by atoms with van der Waals surface area (Å²) in [6.45, 7) is 2.25. The van der Waals surface area contributed by atoms with Crippen molar-refractivity contribution in [3.63, 3.8) is 0 Å². The summed E-state index contributed by atoms with van der Waals surface area (Å²) in [5, 5.41) is 3.05. The summed E-state index contributed by atoms with van der Waals surface area (Å²) in [7, 11) is 1.52. The minimum absolute atomic E-state index is 0.0387. The van der Waals surface area contributed by atoms with Crippen LogP contribution < -0.4 is 5.32 Å². The molecule has 3 heterocycles. The molecule has 0 radical (unpaired) electrons. The molecule has 3 amide bonds. The molecule has 0 aromatic carbocycles. The van der Waals surface area contributed by atoms with Gasteiger partial charge in [0.25, 0.3) is 0 Å². The first-order chi connectivity index (χ1) is 8.09. The summed E-state index contributed by atoms with van der Waals surface area (Å²) in [4.78, 5) is 38.4. The van der Waals surface area contributed by atoms with Gasteiger partial charge in [-0.3, -0.25) is 19.3 Å².